The first kappa shape index (κ1) is 13.7. The lowest BCUT2D eigenvalue weighted by Gasteiger charge is -2.15. The van der Waals surface area contributed by atoms with Gasteiger partial charge in [-0.3, -0.25) is 25.0 Å². The molecule has 20 heavy (non-hydrogen) atoms. The Kier molecular flexibility index (Phi) is 3.47. The topological polar surface area (TPSA) is 107 Å². The summed E-state index contributed by atoms with van der Waals surface area (Å²) in [7, 11) is 0. The molecule has 1 fully saturated rings. The fourth-order valence-electron chi connectivity index (χ4n) is 2.09. The maximum atomic E-state index is 11.8. The van der Waals surface area contributed by atoms with Gasteiger partial charge in [-0.15, -0.1) is 6.58 Å². The van der Waals surface area contributed by atoms with Crippen molar-refractivity contribution in [1.29, 1.82) is 0 Å². The molecule has 8 nitrogen and oxygen atoms in total. The molecular weight excluding hydrogens is 266 g/mol. The van der Waals surface area contributed by atoms with Gasteiger partial charge in [0.05, 0.1) is 21.6 Å². The van der Waals surface area contributed by atoms with Crippen LogP contribution in [0.15, 0.2) is 30.9 Å². The van der Waals surface area contributed by atoms with E-state index in [-0.39, 0.29) is 23.9 Å². The Labute approximate surface area is 113 Å². The summed E-state index contributed by atoms with van der Waals surface area (Å²) in [6, 6.07) is 3.20. The number of amides is 1. The second-order valence-electron chi connectivity index (χ2n) is 4.43. The molecule has 1 aromatic rings. The first-order valence-corrected chi connectivity index (χ1v) is 5.79. The summed E-state index contributed by atoms with van der Waals surface area (Å²) < 4.78 is 0. The van der Waals surface area contributed by atoms with Gasteiger partial charge in [0, 0.05) is 31.0 Å². The molecule has 1 unspecified atom stereocenters. The number of rotatable bonds is 4. The summed E-state index contributed by atoms with van der Waals surface area (Å²) in [6.45, 7) is 3.92. The average Bonchev–Trinajstić information content (AvgIpc) is 2.79. The van der Waals surface area contributed by atoms with Crippen molar-refractivity contribution in [2.45, 2.75) is 6.42 Å². The van der Waals surface area contributed by atoms with E-state index in [0.717, 1.165) is 18.2 Å². The number of benzene rings is 1. The van der Waals surface area contributed by atoms with Crippen LogP contribution in [0, 0.1) is 26.1 Å². The molecular formula is C12H11N3O5. The highest BCUT2D eigenvalue weighted by Gasteiger charge is 2.31. The fraction of sp³-hybridized carbons (Fsp3) is 0.250. The molecule has 1 atom stereocenters. The monoisotopic (exact) mass is 277 g/mol. The summed E-state index contributed by atoms with van der Waals surface area (Å²) in [6.07, 6.45) is 1.88. The second-order valence-corrected chi connectivity index (χ2v) is 4.43. The number of nitro benzene ring substituents is 2. The van der Waals surface area contributed by atoms with Gasteiger partial charge >= 0.3 is 0 Å². The lowest BCUT2D eigenvalue weighted by atomic mass is 10.1. The van der Waals surface area contributed by atoms with E-state index in [4.69, 9.17) is 0 Å². The summed E-state index contributed by atoms with van der Waals surface area (Å²) in [5, 5.41) is 21.6. The van der Waals surface area contributed by atoms with E-state index < -0.39 is 21.2 Å². The molecule has 0 spiro atoms. The summed E-state index contributed by atoms with van der Waals surface area (Å²) in [4.78, 5) is 33.3. The van der Waals surface area contributed by atoms with E-state index in [1.165, 1.54) is 4.90 Å². The van der Waals surface area contributed by atoms with E-state index in [0.29, 0.717) is 6.54 Å². The highest BCUT2D eigenvalue weighted by Crippen LogP contribution is 2.32. The zero-order valence-corrected chi connectivity index (χ0v) is 10.4. The minimum absolute atomic E-state index is 0.0548. The van der Waals surface area contributed by atoms with Crippen LogP contribution in [0.3, 0.4) is 0 Å². The standard InChI is InChI=1S/C12H11N3O5/c1-2-8-3-12(16)13(7-8)9-4-10(14(17)18)6-11(5-9)15(19)20/h2,4-6,8H,1,3,7H2. The zero-order chi connectivity index (χ0) is 14.9. The number of nitro groups is 2. The predicted octanol–water partition coefficient (Wildman–Crippen LogP) is 2.04. The third-order valence-corrected chi connectivity index (χ3v) is 3.11. The highest BCUT2D eigenvalue weighted by molar-refractivity contribution is 5.96. The summed E-state index contributed by atoms with van der Waals surface area (Å²) in [5.41, 5.74) is -0.659. The molecule has 1 aliphatic heterocycles. The predicted molar refractivity (Wildman–Crippen MR) is 70.4 cm³/mol. The van der Waals surface area contributed by atoms with Crippen LogP contribution in [0.1, 0.15) is 6.42 Å². The Morgan fingerprint density at radius 1 is 1.20 bits per heavy atom. The fourth-order valence-corrected chi connectivity index (χ4v) is 2.09. The molecule has 0 N–H and O–H groups in total. The van der Waals surface area contributed by atoms with E-state index in [1.54, 1.807) is 6.08 Å². The number of hydrogen-bond donors (Lipinski definition) is 0. The minimum atomic E-state index is -0.720. The van der Waals surface area contributed by atoms with Crippen LogP contribution in [0.4, 0.5) is 17.1 Å². The average molecular weight is 277 g/mol. The Bertz CT molecular complexity index is 581. The first-order valence-electron chi connectivity index (χ1n) is 5.79. The molecule has 1 aliphatic rings. The van der Waals surface area contributed by atoms with Crippen LogP contribution >= 0.6 is 0 Å². The molecule has 0 aromatic heterocycles. The van der Waals surface area contributed by atoms with Crippen molar-refractivity contribution in [3.8, 4) is 0 Å². The van der Waals surface area contributed by atoms with E-state index in [1.807, 2.05) is 0 Å². The van der Waals surface area contributed by atoms with Crippen LogP contribution in [-0.2, 0) is 4.79 Å². The van der Waals surface area contributed by atoms with Crippen LogP contribution in [0.2, 0.25) is 0 Å². The highest BCUT2D eigenvalue weighted by atomic mass is 16.6. The van der Waals surface area contributed by atoms with E-state index >= 15 is 0 Å². The number of anilines is 1. The minimum Gasteiger partial charge on any atom is -0.311 e. The smallest absolute Gasteiger partial charge is 0.278 e. The molecule has 104 valence electrons. The summed E-state index contributed by atoms with van der Waals surface area (Å²) in [5.74, 6) is -0.287. The van der Waals surface area contributed by atoms with Gasteiger partial charge in [-0.1, -0.05) is 6.08 Å². The number of carbonyl (C=O) groups is 1. The molecule has 1 heterocycles. The SMILES string of the molecule is C=CC1CC(=O)N(c2cc([N+](=O)[O-])cc([N+](=O)[O-])c2)C1. The van der Waals surface area contributed by atoms with Crippen molar-refractivity contribution in [2.75, 3.05) is 11.4 Å². The maximum absolute atomic E-state index is 11.8. The Balaban J connectivity index is 2.45. The number of carbonyl (C=O) groups excluding carboxylic acids is 1. The summed E-state index contributed by atoms with van der Waals surface area (Å²) >= 11 is 0. The van der Waals surface area contributed by atoms with Crippen molar-refractivity contribution in [1.82, 2.24) is 0 Å². The molecule has 0 aliphatic carbocycles. The largest absolute Gasteiger partial charge is 0.311 e. The van der Waals surface area contributed by atoms with Gasteiger partial charge in [0.2, 0.25) is 5.91 Å². The van der Waals surface area contributed by atoms with Gasteiger partial charge in [0.1, 0.15) is 0 Å². The maximum Gasteiger partial charge on any atom is 0.278 e. The van der Waals surface area contributed by atoms with Gasteiger partial charge in [0.25, 0.3) is 11.4 Å². The number of hydrogen-bond acceptors (Lipinski definition) is 5. The van der Waals surface area contributed by atoms with Crippen LogP contribution < -0.4 is 4.90 Å². The third kappa shape index (κ3) is 2.48. The Morgan fingerprint density at radius 3 is 2.15 bits per heavy atom. The lowest BCUT2D eigenvalue weighted by molar-refractivity contribution is -0.394. The normalized spacial score (nSPS) is 18.1. The quantitative estimate of drug-likeness (QED) is 0.475. The number of nitrogens with zero attached hydrogens (tertiary/aromatic N) is 3. The van der Waals surface area contributed by atoms with E-state index in [2.05, 4.69) is 6.58 Å². The van der Waals surface area contributed by atoms with Crippen molar-refractivity contribution in [3.05, 3.63) is 51.1 Å². The molecule has 0 bridgehead atoms. The third-order valence-electron chi connectivity index (χ3n) is 3.11. The van der Waals surface area contributed by atoms with Gasteiger partial charge in [-0.2, -0.15) is 0 Å². The number of non-ortho nitro benzene ring substituents is 2. The van der Waals surface area contributed by atoms with Gasteiger partial charge in [-0.25, -0.2) is 0 Å². The first-order chi connectivity index (χ1) is 9.42. The van der Waals surface area contributed by atoms with Crippen LogP contribution in [-0.4, -0.2) is 22.3 Å². The molecule has 2 rings (SSSR count). The zero-order valence-electron chi connectivity index (χ0n) is 10.4. The van der Waals surface area contributed by atoms with Crippen molar-refractivity contribution >= 4 is 23.0 Å². The molecule has 8 heteroatoms. The second kappa shape index (κ2) is 5.08. The van der Waals surface area contributed by atoms with Crippen molar-refractivity contribution < 1.29 is 14.6 Å². The Hall–Kier alpha value is -2.77. The molecule has 0 radical (unpaired) electrons. The van der Waals surface area contributed by atoms with Gasteiger partial charge in [-0.05, 0) is 0 Å². The van der Waals surface area contributed by atoms with Crippen LogP contribution in [0.5, 0.6) is 0 Å². The molecule has 1 aromatic carbocycles. The van der Waals surface area contributed by atoms with Gasteiger partial charge in [0.15, 0.2) is 0 Å². The van der Waals surface area contributed by atoms with Crippen molar-refractivity contribution in [3.63, 3.8) is 0 Å². The van der Waals surface area contributed by atoms with Gasteiger partial charge < -0.3 is 4.90 Å². The molecule has 1 saturated heterocycles. The molecule has 0 saturated carbocycles. The molecule has 1 amide bonds. The Morgan fingerprint density at radius 2 is 1.75 bits per heavy atom. The lowest BCUT2D eigenvalue weighted by Crippen LogP contribution is -2.24. The van der Waals surface area contributed by atoms with E-state index in [9.17, 15) is 25.0 Å². The van der Waals surface area contributed by atoms with Crippen LogP contribution in [0.25, 0.3) is 0 Å². The van der Waals surface area contributed by atoms with Crippen molar-refractivity contribution in [2.24, 2.45) is 5.92 Å².